The molecule has 8 nitrogen and oxygen atoms in total. The van der Waals surface area contributed by atoms with Gasteiger partial charge in [0.05, 0.1) is 30.1 Å². The van der Waals surface area contributed by atoms with E-state index in [0.717, 1.165) is 16.8 Å². The number of para-hydroxylation sites is 1. The van der Waals surface area contributed by atoms with E-state index >= 15 is 0 Å². The normalized spacial score (nSPS) is 29.7. The molecule has 8 heteroatoms. The van der Waals surface area contributed by atoms with E-state index < -0.39 is 35.1 Å². The lowest BCUT2D eigenvalue weighted by Crippen LogP contribution is -2.59. The molecule has 6 atom stereocenters. The number of amides is 3. The van der Waals surface area contributed by atoms with Crippen LogP contribution in [-0.4, -0.2) is 75.6 Å². The summed E-state index contributed by atoms with van der Waals surface area (Å²) in [5, 5.41) is 10.8. The van der Waals surface area contributed by atoms with Crippen LogP contribution in [0.2, 0.25) is 0 Å². The average molecular weight is 604 g/mol. The van der Waals surface area contributed by atoms with Crippen LogP contribution in [0.1, 0.15) is 18.1 Å². The Kier molecular flexibility index (Phi) is 7.42. The number of hydrogen-bond donors (Lipinski definition) is 1. The monoisotopic (exact) mass is 603 g/mol. The van der Waals surface area contributed by atoms with E-state index in [1.54, 1.807) is 14.7 Å². The van der Waals surface area contributed by atoms with Crippen LogP contribution in [0.5, 0.6) is 0 Å². The summed E-state index contributed by atoms with van der Waals surface area (Å²) in [5.41, 5.74) is 0.103. The molecule has 2 saturated heterocycles. The summed E-state index contributed by atoms with van der Waals surface area (Å²) in [5.74, 6) is -2.68. The van der Waals surface area contributed by atoms with E-state index in [9.17, 15) is 19.5 Å². The van der Waals surface area contributed by atoms with Crippen molar-refractivity contribution in [3.8, 4) is 0 Å². The molecule has 1 spiro atoms. The summed E-state index contributed by atoms with van der Waals surface area (Å²) in [6.07, 6.45) is 7.90. The molecule has 0 aliphatic carbocycles. The zero-order chi connectivity index (χ0) is 31.2. The predicted octanol–water partition coefficient (Wildman–Crippen LogP) is 3.76. The van der Waals surface area contributed by atoms with Gasteiger partial charge in [0, 0.05) is 25.3 Å². The number of rotatable bonds is 7. The standard InChI is InChI=1S/C37H37N3O5/c1-36-19-11-22-39(28-17-9-4-10-18-28)33(42)30(36)31-34(43)40(29(25-41)23-26-13-5-2-6-14-26)32-35(44)38(21-12-20-37(31,32)45-36)24-27-15-7-3-8-16-27/h2-20,29-32,41H,21-25H2,1H3/t29-,30-,31+,32?,36+,37+/m1/s1. The first kappa shape index (κ1) is 29.2. The quantitative estimate of drug-likeness (QED) is 0.416. The number of ether oxygens (including phenoxy) is 1. The Hall–Kier alpha value is -4.53. The van der Waals surface area contributed by atoms with Crippen molar-refractivity contribution in [2.45, 2.75) is 43.2 Å². The maximum Gasteiger partial charge on any atom is 0.249 e. The summed E-state index contributed by atoms with van der Waals surface area (Å²) in [7, 11) is 0. The second-order valence-electron chi connectivity index (χ2n) is 12.6. The molecule has 4 aliphatic heterocycles. The number of carbonyl (C=O) groups excluding carboxylic acids is 3. The largest absolute Gasteiger partial charge is 0.394 e. The van der Waals surface area contributed by atoms with E-state index in [2.05, 4.69) is 0 Å². The second kappa shape index (κ2) is 11.4. The third kappa shape index (κ3) is 4.80. The Bertz CT molecular complexity index is 1640. The number of benzene rings is 3. The predicted molar refractivity (Wildman–Crippen MR) is 170 cm³/mol. The van der Waals surface area contributed by atoms with Crippen molar-refractivity contribution in [3.05, 3.63) is 126 Å². The smallest absolute Gasteiger partial charge is 0.249 e. The van der Waals surface area contributed by atoms with Gasteiger partial charge < -0.3 is 24.5 Å². The molecule has 3 aromatic carbocycles. The van der Waals surface area contributed by atoms with Crippen LogP contribution < -0.4 is 4.90 Å². The molecular formula is C37H37N3O5. The number of fused-ring (bicyclic) bond motifs is 2. The highest BCUT2D eigenvalue weighted by Crippen LogP contribution is 2.58. The summed E-state index contributed by atoms with van der Waals surface area (Å²) < 4.78 is 6.98. The van der Waals surface area contributed by atoms with Gasteiger partial charge in [-0.05, 0) is 36.6 Å². The average Bonchev–Trinajstić information content (AvgIpc) is 3.34. The van der Waals surface area contributed by atoms with Gasteiger partial charge in [-0.1, -0.05) is 103 Å². The molecule has 0 aromatic heterocycles. The number of aliphatic hydroxyl groups excluding tert-OH is 1. The second-order valence-corrected chi connectivity index (χ2v) is 12.6. The van der Waals surface area contributed by atoms with E-state index in [-0.39, 0.29) is 24.3 Å². The minimum Gasteiger partial charge on any atom is -0.394 e. The maximum absolute atomic E-state index is 14.9. The fraction of sp³-hybridized carbons (Fsp3) is 0.324. The minimum absolute atomic E-state index is 0.223. The molecule has 1 N–H and O–H groups in total. The highest BCUT2D eigenvalue weighted by Gasteiger charge is 2.75. The van der Waals surface area contributed by atoms with Crippen molar-refractivity contribution in [1.82, 2.24) is 9.80 Å². The highest BCUT2D eigenvalue weighted by atomic mass is 16.5. The third-order valence-corrected chi connectivity index (χ3v) is 9.78. The lowest BCUT2D eigenvalue weighted by molar-refractivity contribution is -0.154. The summed E-state index contributed by atoms with van der Waals surface area (Å²) in [6.45, 7) is 2.52. The molecule has 3 amide bonds. The van der Waals surface area contributed by atoms with Crippen molar-refractivity contribution in [3.63, 3.8) is 0 Å². The Morgan fingerprint density at radius 1 is 0.778 bits per heavy atom. The van der Waals surface area contributed by atoms with Gasteiger partial charge in [0.15, 0.2) is 0 Å². The molecular weight excluding hydrogens is 566 g/mol. The molecule has 0 radical (unpaired) electrons. The molecule has 7 rings (SSSR count). The van der Waals surface area contributed by atoms with Crippen molar-refractivity contribution in [2.24, 2.45) is 11.8 Å². The first-order valence-corrected chi connectivity index (χ1v) is 15.6. The van der Waals surface area contributed by atoms with Crippen molar-refractivity contribution in [1.29, 1.82) is 0 Å². The Balaban J connectivity index is 1.34. The van der Waals surface area contributed by atoms with Gasteiger partial charge in [-0.3, -0.25) is 14.4 Å². The Labute approximate surface area is 263 Å². The first-order valence-electron chi connectivity index (χ1n) is 15.6. The lowest BCUT2D eigenvalue weighted by Gasteiger charge is -2.40. The van der Waals surface area contributed by atoms with Gasteiger partial charge in [-0.25, -0.2) is 0 Å². The van der Waals surface area contributed by atoms with Gasteiger partial charge >= 0.3 is 0 Å². The molecule has 4 aliphatic rings. The van der Waals surface area contributed by atoms with E-state index in [0.29, 0.717) is 26.1 Å². The number of likely N-dealkylation sites (tertiary alicyclic amines) is 1. The van der Waals surface area contributed by atoms with Crippen LogP contribution in [0.25, 0.3) is 0 Å². The van der Waals surface area contributed by atoms with Crippen LogP contribution in [-0.2, 0) is 32.1 Å². The number of anilines is 1. The zero-order valence-corrected chi connectivity index (χ0v) is 25.2. The minimum atomic E-state index is -1.40. The Morgan fingerprint density at radius 3 is 2.07 bits per heavy atom. The molecule has 3 aromatic rings. The van der Waals surface area contributed by atoms with Crippen molar-refractivity contribution in [2.75, 3.05) is 24.6 Å². The maximum atomic E-state index is 14.9. The fourth-order valence-corrected chi connectivity index (χ4v) is 7.82. The summed E-state index contributed by atoms with van der Waals surface area (Å²) in [4.78, 5) is 49.2. The molecule has 45 heavy (non-hydrogen) atoms. The summed E-state index contributed by atoms with van der Waals surface area (Å²) in [6, 6.07) is 27.0. The highest BCUT2D eigenvalue weighted by molar-refractivity contribution is 6.04. The number of aliphatic hydroxyl groups is 1. The number of hydrogen-bond acceptors (Lipinski definition) is 5. The molecule has 230 valence electrons. The first-order chi connectivity index (χ1) is 21.9. The van der Waals surface area contributed by atoms with Gasteiger partial charge in [0.2, 0.25) is 17.7 Å². The van der Waals surface area contributed by atoms with Crippen LogP contribution in [0.15, 0.2) is 115 Å². The topological polar surface area (TPSA) is 90.4 Å². The van der Waals surface area contributed by atoms with E-state index in [1.165, 1.54) is 0 Å². The van der Waals surface area contributed by atoms with Crippen molar-refractivity contribution >= 4 is 23.4 Å². The molecule has 0 bridgehead atoms. The van der Waals surface area contributed by atoms with Gasteiger partial charge in [-0.15, -0.1) is 0 Å². The molecule has 2 fully saturated rings. The Morgan fingerprint density at radius 2 is 1.40 bits per heavy atom. The van der Waals surface area contributed by atoms with Gasteiger partial charge in [0.1, 0.15) is 11.6 Å². The van der Waals surface area contributed by atoms with Gasteiger partial charge in [0.25, 0.3) is 0 Å². The fourth-order valence-electron chi connectivity index (χ4n) is 7.82. The van der Waals surface area contributed by atoms with E-state index in [4.69, 9.17) is 4.74 Å². The van der Waals surface area contributed by atoms with E-state index in [1.807, 2.05) is 122 Å². The van der Waals surface area contributed by atoms with Gasteiger partial charge in [-0.2, -0.15) is 0 Å². The summed E-state index contributed by atoms with van der Waals surface area (Å²) >= 11 is 0. The van der Waals surface area contributed by atoms with Crippen LogP contribution in [0.3, 0.4) is 0 Å². The zero-order valence-electron chi connectivity index (χ0n) is 25.2. The number of nitrogens with zero attached hydrogens (tertiary/aromatic N) is 3. The lowest BCUT2D eigenvalue weighted by atomic mass is 9.74. The van der Waals surface area contributed by atoms with Crippen LogP contribution in [0.4, 0.5) is 5.69 Å². The van der Waals surface area contributed by atoms with Crippen LogP contribution in [0, 0.1) is 11.8 Å². The molecule has 0 saturated carbocycles. The SMILES string of the molecule is C[C@]12C=CCN(c3ccccc3)C(=O)[C@H]1[C@H]1C(=O)N([C@@H](CO)Cc3ccccc3)C3C(=O)N(Cc4ccccc4)CC=C[C@@]31O2. The molecule has 4 heterocycles. The number of carbonyl (C=O) groups is 3. The molecule has 1 unspecified atom stereocenters. The van der Waals surface area contributed by atoms with Crippen LogP contribution >= 0.6 is 0 Å². The third-order valence-electron chi connectivity index (χ3n) is 9.78. The van der Waals surface area contributed by atoms with Crippen molar-refractivity contribution < 1.29 is 24.2 Å².